The number of hydrazone groups is 1. The molecule has 144 valence electrons. The molecule has 2 N–H and O–H groups in total. The zero-order valence-electron chi connectivity index (χ0n) is 15.8. The topological polar surface area (TPSA) is 64.1 Å². The molecule has 0 aromatic heterocycles. The molecule has 0 aliphatic carbocycles. The van der Waals surface area contributed by atoms with Gasteiger partial charge in [0.1, 0.15) is 5.75 Å². The lowest BCUT2D eigenvalue weighted by Crippen LogP contribution is -2.31. The second-order valence-electron chi connectivity index (χ2n) is 5.66. The van der Waals surface area contributed by atoms with Crippen LogP contribution in [0.3, 0.4) is 0 Å². The molecule has 0 bridgehead atoms. The van der Waals surface area contributed by atoms with E-state index in [0.717, 1.165) is 29.0 Å². The van der Waals surface area contributed by atoms with E-state index in [9.17, 15) is 0 Å². The van der Waals surface area contributed by atoms with Crippen LogP contribution in [0.25, 0.3) is 0 Å². The minimum Gasteiger partial charge on any atom is -0.497 e. The largest absolute Gasteiger partial charge is 0.497 e. The molecule has 0 unspecified atom stereocenters. The van der Waals surface area contributed by atoms with Gasteiger partial charge in [0.2, 0.25) is 0 Å². The van der Waals surface area contributed by atoms with Gasteiger partial charge in [0.15, 0.2) is 16.6 Å². The van der Waals surface area contributed by atoms with Gasteiger partial charge in [0.25, 0.3) is 0 Å². The van der Waals surface area contributed by atoms with E-state index in [2.05, 4.69) is 22.8 Å². The molecule has 0 amide bonds. The van der Waals surface area contributed by atoms with Crippen LogP contribution in [0.4, 0.5) is 0 Å². The van der Waals surface area contributed by atoms with Crippen LogP contribution in [-0.2, 0) is 6.54 Å². The third-order valence-electron chi connectivity index (χ3n) is 3.64. The summed E-state index contributed by atoms with van der Waals surface area (Å²) in [5.41, 5.74) is 4.77. The SMILES string of the molecule is CCCOc1ccc(/C=N\NC(=S)NCc2ccc(OC)cc2)cc1OC. The standard InChI is InChI=1S/C20H25N3O3S/c1-4-11-26-18-10-7-16(12-19(18)25-3)14-22-23-20(27)21-13-15-5-8-17(24-2)9-6-15/h5-10,12,14H,4,11,13H2,1-3H3,(H2,21,23,27)/b22-14-. The average Bonchev–Trinajstić information content (AvgIpc) is 2.71. The van der Waals surface area contributed by atoms with Gasteiger partial charge in [0.05, 0.1) is 27.0 Å². The van der Waals surface area contributed by atoms with Crippen molar-refractivity contribution in [3.05, 3.63) is 53.6 Å². The Hall–Kier alpha value is -2.80. The van der Waals surface area contributed by atoms with Crippen LogP contribution < -0.4 is 25.0 Å². The fourth-order valence-electron chi connectivity index (χ4n) is 2.23. The molecule has 0 heterocycles. The number of nitrogens with one attached hydrogen (secondary N) is 2. The Bertz CT molecular complexity index is 764. The molecule has 7 heteroatoms. The summed E-state index contributed by atoms with van der Waals surface area (Å²) < 4.78 is 16.1. The van der Waals surface area contributed by atoms with Crippen molar-refractivity contribution < 1.29 is 14.2 Å². The Morgan fingerprint density at radius 1 is 1.07 bits per heavy atom. The number of hydrogen-bond acceptors (Lipinski definition) is 5. The maximum atomic E-state index is 5.64. The molecular weight excluding hydrogens is 362 g/mol. The molecule has 2 aromatic rings. The Balaban J connectivity index is 1.83. The van der Waals surface area contributed by atoms with Crippen molar-refractivity contribution in [1.29, 1.82) is 0 Å². The van der Waals surface area contributed by atoms with E-state index < -0.39 is 0 Å². The van der Waals surface area contributed by atoms with Crippen LogP contribution in [0.15, 0.2) is 47.6 Å². The number of thiocarbonyl (C=S) groups is 1. The summed E-state index contributed by atoms with van der Waals surface area (Å²) in [4.78, 5) is 0. The summed E-state index contributed by atoms with van der Waals surface area (Å²) in [7, 11) is 3.26. The highest BCUT2D eigenvalue weighted by Crippen LogP contribution is 2.27. The van der Waals surface area contributed by atoms with Crippen molar-refractivity contribution >= 4 is 23.5 Å². The molecular formula is C20H25N3O3S. The minimum atomic E-state index is 0.442. The first kappa shape index (κ1) is 20.5. The predicted molar refractivity (Wildman–Crippen MR) is 112 cm³/mol. The lowest BCUT2D eigenvalue weighted by molar-refractivity contribution is 0.294. The van der Waals surface area contributed by atoms with Gasteiger partial charge in [-0.15, -0.1) is 0 Å². The summed E-state index contributed by atoms with van der Waals surface area (Å²) in [5, 5.41) is 7.69. The molecule has 0 radical (unpaired) electrons. The van der Waals surface area contributed by atoms with Crippen LogP contribution in [-0.4, -0.2) is 32.2 Å². The Morgan fingerprint density at radius 3 is 2.52 bits per heavy atom. The molecule has 0 aliphatic heterocycles. The zero-order valence-corrected chi connectivity index (χ0v) is 16.6. The summed E-state index contributed by atoms with van der Waals surface area (Å²) in [6.45, 7) is 3.31. The van der Waals surface area contributed by atoms with E-state index in [-0.39, 0.29) is 0 Å². The van der Waals surface area contributed by atoms with E-state index in [1.165, 1.54) is 0 Å². The van der Waals surface area contributed by atoms with Crippen LogP contribution in [0.1, 0.15) is 24.5 Å². The van der Waals surface area contributed by atoms with Crippen molar-refractivity contribution in [2.24, 2.45) is 5.10 Å². The highest BCUT2D eigenvalue weighted by molar-refractivity contribution is 7.80. The van der Waals surface area contributed by atoms with Gasteiger partial charge in [-0.25, -0.2) is 0 Å². The van der Waals surface area contributed by atoms with Gasteiger partial charge in [-0.1, -0.05) is 19.1 Å². The van der Waals surface area contributed by atoms with E-state index in [1.54, 1.807) is 20.4 Å². The molecule has 0 atom stereocenters. The molecule has 6 nitrogen and oxygen atoms in total. The van der Waals surface area contributed by atoms with Gasteiger partial charge >= 0.3 is 0 Å². The summed E-state index contributed by atoms with van der Waals surface area (Å²) in [5.74, 6) is 2.22. The van der Waals surface area contributed by atoms with Gasteiger partial charge in [-0.3, -0.25) is 5.43 Å². The Kier molecular flexibility index (Phi) is 8.38. The summed E-state index contributed by atoms with van der Waals surface area (Å²) >= 11 is 5.23. The smallest absolute Gasteiger partial charge is 0.187 e. The molecule has 0 saturated heterocycles. The predicted octanol–water partition coefficient (Wildman–Crippen LogP) is 3.49. The van der Waals surface area contributed by atoms with Crippen molar-refractivity contribution in [3.63, 3.8) is 0 Å². The Morgan fingerprint density at radius 2 is 1.85 bits per heavy atom. The van der Waals surface area contributed by atoms with Gasteiger partial charge in [-0.2, -0.15) is 5.10 Å². The van der Waals surface area contributed by atoms with E-state index >= 15 is 0 Å². The second kappa shape index (κ2) is 11.0. The maximum Gasteiger partial charge on any atom is 0.187 e. The highest BCUT2D eigenvalue weighted by Gasteiger charge is 2.04. The minimum absolute atomic E-state index is 0.442. The van der Waals surface area contributed by atoms with Crippen molar-refractivity contribution in [1.82, 2.24) is 10.7 Å². The van der Waals surface area contributed by atoms with E-state index in [1.807, 2.05) is 42.5 Å². The molecule has 2 aromatic carbocycles. The van der Waals surface area contributed by atoms with Crippen molar-refractivity contribution in [2.45, 2.75) is 19.9 Å². The first-order valence-corrected chi connectivity index (χ1v) is 9.07. The molecule has 0 fully saturated rings. The monoisotopic (exact) mass is 387 g/mol. The van der Waals surface area contributed by atoms with E-state index in [0.29, 0.717) is 24.0 Å². The summed E-state index contributed by atoms with van der Waals surface area (Å²) in [6.07, 6.45) is 2.62. The lowest BCUT2D eigenvalue weighted by atomic mass is 10.2. The first-order chi connectivity index (χ1) is 13.2. The van der Waals surface area contributed by atoms with Gasteiger partial charge in [0, 0.05) is 6.54 Å². The fourth-order valence-corrected chi connectivity index (χ4v) is 2.35. The van der Waals surface area contributed by atoms with Crippen molar-refractivity contribution in [2.75, 3.05) is 20.8 Å². The molecule has 2 rings (SSSR count). The summed E-state index contributed by atoms with van der Waals surface area (Å²) in [6, 6.07) is 13.4. The Labute approximate surface area is 165 Å². The number of rotatable bonds is 9. The lowest BCUT2D eigenvalue weighted by Gasteiger charge is -2.10. The number of ether oxygens (including phenoxy) is 3. The van der Waals surface area contributed by atoms with Crippen LogP contribution >= 0.6 is 12.2 Å². The van der Waals surface area contributed by atoms with Gasteiger partial charge in [-0.05, 0) is 60.1 Å². The number of methoxy groups -OCH3 is 2. The first-order valence-electron chi connectivity index (χ1n) is 8.67. The van der Waals surface area contributed by atoms with Crippen molar-refractivity contribution in [3.8, 4) is 17.2 Å². The van der Waals surface area contributed by atoms with E-state index in [4.69, 9.17) is 26.4 Å². The average molecular weight is 388 g/mol. The normalized spacial score (nSPS) is 10.5. The second-order valence-corrected chi connectivity index (χ2v) is 6.07. The number of benzene rings is 2. The number of hydrogen-bond donors (Lipinski definition) is 2. The number of nitrogens with zero attached hydrogens (tertiary/aromatic N) is 1. The zero-order chi connectivity index (χ0) is 19.5. The third-order valence-corrected chi connectivity index (χ3v) is 3.88. The third kappa shape index (κ3) is 6.79. The molecule has 0 aliphatic rings. The molecule has 0 spiro atoms. The van der Waals surface area contributed by atoms with Gasteiger partial charge < -0.3 is 19.5 Å². The van der Waals surface area contributed by atoms with Crippen LogP contribution in [0.5, 0.6) is 17.2 Å². The maximum absolute atomic E-state index is 5.64. The van der Waals surface area contributed by atoms with Crippen LogP contribution in [0.2, 0.25) is 0 Å². The highest BCUT2D eigenvalue weighted by atomic mass is 32.1. The molecule has 27 heavy (non-hydrogen) atoms. The fraction of sp³-hybridized carbons (Fsp3) is 0.300. The molecule has 0 saturated carbocycles. The quantitative estimate of drug-likeness (QED) is 0.390. The van der Waals surface area contributed by atoms with Crippen LogP contribution in [0, 0.1) is 0 Å².